The van der Waals surface area contributed by atoms with Crippen LogP contribution in [-0.2, 0) is 0 Å². The molecular formula is C19H21F3N4S. The van der Waals surface area contributed by atoms with Crippen molar-refractivity contribution in [2.45, 2.75) is 33.4 Å². The average Bonchev–Trinajstić information content (AvgIpc) is 3.02. The summed E-state index contributed by atoms with van der Waals surface area (Å²) >= 11 is 4.14. The molecule has 0 saturated carbocycles. The number of nitrogens with zero attached hydrogens (tertiary/aromatic N) is 3. The van der Waals surface area contributed by atoms with Crippen LogP contribution in [0.4, 0.5) is 13.2 Å². The maximum absolute atomic E-state index is 13.1. The van der Waals surface area contributed by atoms with Gasteiger partial charge in [0, 0.05) is 0 Å². The summed E-state index contributed by atoms with van der Waals surface area (Å²) in [6, 6.07) is 7.24. The Balaban J connectivity index is 2.66. The lowest BCUT2D eigenvalue weighted by molar-refractivity contribution is -0.0952. The molecule has 0 unspecified atom stereocenters. The second kappa shape index (κ2) is 8.47. The fourth-order valence-electron chi connectivity index (χ4n) is 2.44. The normalized spacial score (nSPS) is 13.0. The van der Waals surface area contributed by atoms with Gasteiger partial charge in [-0.2, -0.15) is 25.8 Å². The number of halogens is 3. The number of nitrogens with one attached hydrogen (secondary N) is 1. The lowest BCUT2D eigenvalue weighted by Crippen LogP contribution is -2.27. The van der Waals surface area contributed by atoms with Crippen LogP contribution in [0.15, 0.2) is 64.9 Å². The van der Waals surface area contributed by atoms with E-state index in [0.717, 1.165) is 11.1 Å². The van der Waals surface area contributed by atoms with Crippen molar-refractivity contribution in [3.05, 3.63) is 64.9 Å². The molecule has 1 aromatic carbocycles. The van der Waals surface area contributed by atoms with Gasteiger partial charge in [-0.1, -0.05) is 30.8 Å². The van der Waals surface area contributed by atoms with E-state index in [1.165, 1.54) is 4.68 Å². The Morgan fingerprint density at radius 2 is 1.96 bits per heavy atom. The van der Waals surface area contributed by atoms with Crippen LogP contribution in [0.5, 0.6) is 0 Å². The van der Waals surface area contributed by atoms with Crippen molar-refractivity contribution < 1.29 is 13.2 Å². The zero-order valence-corrected chi connectivity index (χ0v) is 16.2. The van der Waals surface area contributed by atoms with Crippen molar-refractivity contribution >= 4 is 29.4 Å². The van der Waals surface area contributed by atoms with Crippen molar-refractivity contribution in [3.8, 4) is 0 Å². The molecule has 2 rings (SSSR count). The van der Waals surface area contributed by atoms with Crippen LogP contribution in [0.25, 0.3) is 16.7 Å². The molecule has 1 heterocycles. The van der Waals surface area contributed by atoms with E-state index in [1.54, 1.807) is 31.4 Å². The Kier molecular flexibility index (Phi) is 6.54. The predicted octanol–water partition coefficient (Wildman–Crippen LogP) is 5.46. The number of hydrogen-bond donors (Lipinski definition) is 2. The highest BCUT2D eigenvalue weighted by Crippen LogP contribution is 2.28. The second-order valence-electron chi connectivity index (χ2n) is 6.06. The van der Waals surface area contributed by atoms with Gasteiger partial charge in [-0.3, -0.25) is 0 Å². The van der Waals surface area contributed by atoms with Crippen molar-refractivity contribution in [1.29, 1.82) is 0 Å². The molecule has 1 N–H and O–H groups in total. The Labute approximate surface area is 161 Å². The molecule has 0 spiro atoms. The molecule has 0 radical (unpaired) electrons. The first-order valence-corrected chi connectivity index (χ1v) is 8.77. The molecule has 0 saturated heterocycles. The minimum absolute atomic E-state index is 0.218. The maximum atomic E-state index is 13.1. The van der Waals surface area contributed by atoms with Crippen LogP contribution >= 0.6 is 12.6 Å². The molecule has 0 fully saturated rings. The molecule has 0 amide bonds. The SMILES string of the molecule is C=C(N/C(=C/C(=C/S)CC)C(=C(C)C)n1nnc2ccccc21)C(F)(F)F. The number of benzene rings is 1. The average molecular weight is 394 g/mol. The molecule has 144 valence electrons. The summed E-state index contributed by atoms with van der Waals surface area (Å²) in [5.74, 6) is 0. The van der Waals surface area contributed by atoms with Gasteiger partial charge in [0.05, 0.1) is 16.9 Å². The second-order valence-corrected chi connectivity index (χ2v) is 6.31. The highest BCUT2D eigenvalue weighted by atomic mass is 32.1. The Morgan fingerprint density at radius 3 is 2.52 bits per heavy atom. The summed E-state index contributed by atoms with van der Waals surface area (Å²) in [4.78, 5) is 0. The molecule has 8 heteroatoms. The summed E-state index contributed by atoms with van der Waals surface area (Å²) in [5.41, 5.74) is 2.46. The smallest absolute Gasteiger partial charge is 0.350 e. The standard InChI is InChI=1S/C19H21F3N4S/c1-5-14(11-27)10-16(23-13(4)19(20,21)22)18(12(2)3)26-17-9-7-6-8-15(17)24-25-26/h6-11,23,27H,4-5H2,1-3H3/b14-11+,16-10+. The minimum atomic E-state index is -4.58. The summed E-state index contributed by atoms with van der Waals surface area (Å²) < 4.78 is 40.8. The summed E-state index contributed by atoms with van der Waals surface area (Å²) in [7, 11) is 0. The summed E-state index contributed by atoms with van der Waals surface area (Å²) in [6.07, 6.45) is -2.36. The van der Waals surface area contributed by atoms with Gasteiger partial charge in [-0.25, -0.2) is 4.68 Å². The highest BCUT2D eigenvalue weighted by Gasteiger charge is 2.33. The highest BCUT2D eigenvalue weighted by molar-refractivity contribution is 7.83. The van der Waals surface area contributed by atoms with Crippen LogP contribution in [0.3, 0.4) is 0 Å². The van der Waals surface area contributed by atoms with E-state index in [2.05, 4.69) is 34.8 Å². The number of para-hydroxylation sites is 1. The monoisotopic (exact) mass is 394 g/mol. The van der Waals surface area contributed by atoms with Crippen LogP contribution in [0, 0.1) is 0 Å². The number of hydrogen-bond acceptors (Lipinski definition) is 4. The van der Waals surface area contributed by atoms with Crippen molar-refractivity contribution in [2.75, 3.05) is 0 Å². The Hall–Kier alpha value is -2.48. The van der Waals surface area contributed by atoms with Crippen LogP contribution < -0.4 is 5.32 Å². The molecule has 2 aromatic rings. The number of allylic oxidation sites excluding steroid dienone is 5. The third-order valence-electron chi connectivity index (χ3n) is 3.82. The van der Waals surface area contributed by atoms with E-state index in [1.807, 2.05) is 25.1 Å². The lowest BCUT2D eigenvalue weighted by Gasteiger charge is -2.20. The molecule has 0 aliphatic carbocycles. The molecule has 0 atom stereocenters. The third-order valence-corrected chi connectivity index (χ3v) is 4.16. The first-order valence-electron chi connectivity index (χ1n) is 8.25. The first-order chi connectivity index (χ1) is 12.7. The quantitative estimate of drug-likeness (QED) is 0.505. The van der Waals surface area contributed by atoms with Crippen LogP contribution in [0.1, 0.15) is 27.2 Å². The number of fused-ring (bicyclic) bond motifs is 1. The van der Waals surface area contributed by atoms with Gasteiger partial charge in [0.15, 0.2) is 0 Å². The van der Waals surface area contributed by atoms with Gasteiger partial charge in [-0.05, 0) is 55.0 Å². The number of rotatable bonds is 6. The topological polar surface area (TPSA) is 42.7 Å². The first kappa shape index (κ1) is 20.8. The van der Waals surface area contributed by atoms with Gasteiger partial charge in [-0.15, -0.1) is 5.10 Å². The Morgan fingerprint density at radius 1 is 1.30 bits per heavy atom. The van der Waals surface area contributed by atoms with E-state index >= 15 is 0 Å². The fraction of sp³-hybridized carbons (Fsp3) is 0.263. The number of thiol groups is 1. The van der Waals surface area contributed by atoms with Gasteiger partial charge >= 0.3 is 6.18 Å². The minimum Gasteiger partial charge on any atom is -0.350 e. The van der Waals surface area contributed by atoms with E-state index < -0.39 is 11.9 Å². The molecule has 0 bridgehead atoms. The van der Waals surface area contributed by atoms with Gasteiger partial charge in [0.1, 0.15) is 11.2 Å². The number of aromatic nitrogens is 3. The lowest BCUT2D eigenvalue weighted by atomic mass is 10.1. The van der Waals surface area contributed by atoms with Crippen LogP contribution in [0.2, 0.25) is 0 Å². The van der Waals surface area contributed by atoms with Gasteiger partial charge in [0.2, 0.25) is 0 Å². The molecule has 0 aliphatic heterocycles. The summed E-state index contributed by atoms with van der Waals surface area (Å²) in [5, 5.41) is 12.2. The molecular weight excluding hydrogens is 373 g/mol. The fourth-order valence-corrected chi connectivity index (χ4v) is 2.70. The van der Waals surface area contributed by atoms with E-state index in [9.17, 15) is 13.2 Å². The van der Waals surface area contributed by atoms with E-state index in [-0.39, 0.29) is 5.70 Å². The molecule has 1 aromatic heterocycles. The van der Waals surface area contributed by atoms with E-state index in [0.29, 0.717) is 23.2 Å². The zero-order valence-electron chi connectivity index (χ0n) is 15.3. The maximum Gasteiger partial charge on any atom is 0.430 e. The van der Waals surface area contributed by atoms with E-state index in [4.69, 9.17) is 0 Å². The van der Waals surface area contributed by atoms with Crippen LogP contribution in [-0.4, -0.2) is 21.2 Å². The van der Waals surface area contributed by atoms with Gasteiger partial charge < -0.3 is 5.32 Å². The van der Waals surface area contributed by atoms with Gasteiger partial charge in [0.25, 0.3) is 0 Å². The number of alkyl halides is 3. The van der Waals surface area contributed by atoms with Crippen molar-refractivity contribution in [2.24, 2.45) is 0 Å². The van der Waals surface area contributed by atoms with Crippen molar-refractivity contribution in [1.82, 2.24) is 20.3 Å². The van der Waals surface area contributed by atoms with Crippen molar-refractivity contribution in [3.63, 3.8) is 0 Å². The summed E-state index contributed by atoms with van der Waals surface area (Å²) in [6.45, 7) is 8.62. The Bertz CT molecular complexity index is 932. The third kappa shape index (κ3) is 4.82. The molecule has 27 heavy (non-hydrogen) atoms. The molecule has 4 nitrogen and oxygen atoms in total. The zero-order chi connectivity index (χ0) is 20.2. The predicted molar refractivity (Wildman–Crippen MR) is 106 cm³/mol. The largest absolute Gasteiger partial charge is 0.430 e. The molecule has 0 aliphatic rings.